The zero-order chi connectivity index (χ0) is 26.2. The van der Waals surface area contributed by atoms with Gasteiger partial charge in [-0.25, -0.2) is 4.98 Å². The van der Waals surface area contributed by atoms with E-state index >= 15 is 0 Å². The smallest absolute Gasteiger partial charge is 0.237 e. The molecular formula is C28H28N4O4S. The Labute approximate surface area is 220 Å². The van der Waals surface area contributed by atoms with Crippen LogP contribution < -0.4 is 19.5 Å². The van der Waals surface area contributed by atoms with Gasteiger partial charge in [0.25, 0.3) is 0 Å². The fourth-order valence-corrected chi connectivity index (χ4v) is 4.45. The normalized spacial score (nSPS) is 11.5. The number of methoxy groups -OCH3 is 3. The number of hydrogen-bond donors (Lipinski definition) is 1. The largest absolute Gasteiger partial charge is 0.497 e. The summed E-state index contributed by atoms with van der Waals surface area (Å²) in [5, 5.41) is 11.8. The van der Waals surface area contributed by atoms with Gasteiger partial charge in [-0.3, -0.25) is 4.79 Å². The summed E-state index contributed by atoms with van der Waals surface area (Å²) in [6, 6.07) is 22.4. The van der Waals surface area contributed by atoms with Gasteiger partial charge in [-0.15, -0.1) is 10.2 Å². The average Bonchev–Trinajstić information content (AvgIpc) is 2.96. The van der Waals surface area contributed by atoms with E-state index in [2.05, 4.69) is 15.5 Å². The molecule has 1 atom stereocenters. The van der Waals surface area contributed by atoms with E-state index in [0.29, 0.717) is 34.4 Å². The van der Waals surface area contributed by atoms with E-state index in [-0.39, 0.29) is 5.91 Å². The number of benzene rings is 3. The van der Waals surface area contributed by atoms with Gasteiger partial charge in [0.2, 0.25) is 11.1 Å². The number of anilines is 1. The molecule has 0 fully saturated rings. The quantitative estimate of drug-likeness (QED) is 0.267. The number of nitrogens with zero attached hydrogens (tertiary/aromatic N) is 3. The molecule has 0 bridgehead atoms. The van der Waals surface area contributed by atoms with Crippen molar-refractivity contribution in [2.24, 2.45) is 0 Å². The van der Waals surface area contributed by atoms with Gasteiger partial charge >= 0.3 is 0 Å². The van der Waals surface area contributed by atoms with Crippen LogP contribution in [0, 0.1) is 0 Å². The molecule has 9 heteroatoms. The lowest BCUT2D eigenvalue weighted by Crippen LogP contribution is -2.25. The second-order valence-electron chi connectivity index (χ2n) is 7.98. The molecule has 1 aromatic heterocycles. The molecule has 8 nitrogen and oxygen atoms in total. The highest BCUT2D eigenvalue weighted by molar-refractivity contribution is 8.00. The second kappa shape index (κ2) is 12.2. The summed E-state index contributed by atoms with van der Waals surface area (Å²) in [7, 11) is 4.84. The molecule has 4 rings (SSSR count). The minimum Gasteiger partial charge on any atom is -0.497 e. The number of rotatable bonds is 10. The van der Waals surface area contributed by atoms with Crippen LogP contribution in [-0.4, -0.2) is 47.7 Å². The molecule has 1 N–H and O–H groups in total. The minimum absolute atomic E-state index is 0.144. The first-order valence-electron chi connectivity index (χ1n) is 11.7. The summed E-state index contributed by atoms with van der Waals surface area (Å²) < 4.78 is 15.8. The van der Waals surface area contributed by atoms with Crippen molar-refractivity contribution < 1.29 is 19.0 Å². The lowest BCUT2D eigenvalue weighted by Gasteiger charge is -2.15. The van der Waals surface area contributed by atoms with E-state index in [0.717, 1.165) is 22.6 Å². The van der Waals surface area contributed by atoms with Gasteiger partial charge in [-0.1, -0.05) is 24.8 Å². The van der Waals surface area contributed by atoms with Crippen molar-refractivity contribution in [1.29, 1.82) is 0 Å². The highest BCUT2D eigenvalue weighted by atomic mass is 32.2. The second-order valence-corrected chi connectivity index (χ2v) is 9.15. The Balaban J connectivity index is 1.64. The first kappa shape index (κ1) is 26.0. The predicted octanol–water partition coefficient (Wildman–Crippen LogP) is 5.74. The number of hydrogen-bond acceptors (Lipinski definition) is 8. The molecular weight excluding hydrogens is 488 g/mol. The summed E-state index contributed by atoms with van der Waals surface area (Å²) in [6.07, 6.45) is 0.585. The first-order valence-corrected chi connectivity index (χ1v) is 12.6. The van der Waals surface area contributed by atoms with E-state index in [1.54, 1.807) is 27.4 Å². The lowest BCUT2D eigenvalue weighted by atomic mass is 10.0. The molecule has 1 heterocycles. The van der Waals surface area contributed by atoms with Crippen LogP contribution in [0.4, 0.5) is 5.69 Å². The van der Waals surface area contributed by atoms with Gasteiger partial charge in [0.15, 0.2) is 0 Å². The van der Waals surface area contributed by atoms with Crippen molar-refractivity contribution in [3.8, 4) is 39.8 Å². The van der Waals surface area contributed by atoms with Gasteiger partial charge in [0.1, 0.15) is 28.6 Å². The molecule has 1 amide bonds. The van der Waals surface area contributed by atoms with E-state index in [4.69, 9.17) is 19.2 Å². The SMILES string of the molecule is CC[C@H](Sc1nnc(-c2ccc(OC)cc2)c(-c2ccc(OC)cc2)n1)C(=O)Nc1cccc(OC)c1. The van der Waals surface area contributed by atoms with Crippen molar-refractivity contribution in [3.05, 3.63) is 72.8 Å². The highest BCUT2D eigenvalue weighted by Gasteiger charge is 2.22. The Hall–Kier alpha value is -4.11. The number of carbonyl (C=O) groups is 1. The molecule has 0 aliphatic heterocycles. The first-order chi connectivity index (χ1) is 18.0. The van der Waals surface area contributed by atoms with Crippen LogP contribution in [0.2, 0.25) is 0 Å². The molecule has 0 aliphatic rings. The molecule has 4 aromatic rings. The minimum atomic E-state index is -0.413. The zero-order valence-electron chi connectivity index (χ0n) is 21.1. The van der Waals surface area contributed by atoms with Crippen LogP contribution in [0.3, 0.4) is 0 Å². The molecule has 0 aliphatic carbocycles. The third-order valence-electron chi connectivity index (χ3n) is 5.64. The van der Waals surface area contributed by atoms with E-state index < -0.39 is 5.25 Å². The summed E-state index contributed by atoms with van der Waals surface area (Å²) >= 11 is 1.28. The summed E-state index contributed by atoms with van der Waals surface area (Å²) in [5.41, 5.74) is 3.67. The molecule has 0 saturated heterocycles. The van der Waals surface area contributed by atoms with Crippen molar-refractivity contribution in [2.45, 2.75) is 23.8 Å². The third kappa shape index (κ3) is 6.37. The van der Waals surface area contributed by atoms with Crippen LogP contribution in [0.25, 0.3) is 22.5 Å². The molecule has 37 heavy (non-hydrogen) atoms. The van der Waals surface area contributed by atoms with Crippen molar-refractivity contribution >= 4 is 23.4 Å². The number of ether oxygens (including phenoxy) is 3. The Morgan fingerprint density at radius 1 is 0.811 bits per heavy atom. The summed E-state index contributed by atoms with van der Waals surface area (Å²) in [6.45, 7) is 1.95. The number of thioether (sulfide) groups is 1. The Bertz CT molecular complexity index is 1350. The maximum absolute atomic E-state index is 13.0. The predicted molar refractivity (Wildman–Crippen MR) is 145 cm³/mol. The Morgan fingerprint density at radius 3 is 1.97 bits per heavy atom. The van der Waals surface area contributed by atoms with Gasteiger partial charge in [0, 0.05) is 22.9 Å². The number of aromatic nitrogens is 3. The lowest BCUT2D eigenvalue weighted by molar-refractivity contribution is -0.115. The van der Waals surface area contributed by atoms with Crippen molar-refractivity contribution in [3.63, 3.8) is 0 Å². The van der Waals surface area contributed by atoms with E-state index in [1.165, 1.54) is 11.8 Å². The van der Waals surface area contributed by atoms with Crippen LogP contribution in [0.5, 0.6) is 17.2 Å². The molecule has 0 unspecified atom stereocenters. The van der Waals surface area contributed by atoms with Gasteiger partial charge in [-0.2, -0.15) is 0 Å². The maximum atomic E-state index is 13.0. The van der Waals surface area contributed by atoms with Gasteiger partial charge in [-0.05, 0) is 67.1 Å². The molecule has 0 radical (unpaired) electrons. The fourth-order valence-electron chi connectivity index (χ4n) is 3.63. The number of amides is 1. The molecule has 3 aromatic carbocycles. The van der Waals surface area contributed by atoms with Gasteiger partial charge < -0.3 is 19.5 Å². The topological polar surface area (TPSA) is 95.5 Å². The van der Waals surface area contributed by atoms with Crippen LogP contribution >= 0.6 is 11.8 Å². The van der Waals surface area contributed by atoms with E-state index in [9.17, 15) is 4.79 Å². The number of nitrogens with one attached hydrogen (secondary N) is 1. The van der Waals surface area contributed by atoms with Gasteiger partial charge in [0.05, 0.1) is 26.6 Å². The monoisotopic (exact) mass is 516 g/mol. The van der Waals surface area contributed by atoms with Crippen LogP contribution in [0.15, 0.2) is 78.0 Å². The van der Waals surface area contributed by atoms with Crippen molar-refractivity contribution in [2.75, 3.05) is 26.6 Å². The Morgan fingerprint density at radius 2 is 1.41 bits per heavy atom. The summed E-state index contributed by atoms with van der Waals surface area (Å²) in [4.78, 5) is 17.9. The average molecular weight is 517 g/mol. The molecule has 0 saturated carbocycles. The molecule has 190 valence electrons. The Kier molecular flexibility index (Phi) is 8.58. The zero-order valence-corrected chi connectivity index (χ0v) is 21.9. The van der Waals surface area contributed by atoms with E-state index in [1.807, 2.05) is 73.7 Å². The van der Waals surface area contributed by atoms with Crippen LogP contribution in [-0.2, 0) is 4.79 Å². The number of carbonyl (C=O) groups excluding carboxylic acids is 1. The standard InChI is InChI=1S/C28H28N4O4S/c1-5-24(27(33)29-20-7-6-8-23(17-20)36-4)37-28-30-25(18-9-13-21(34-2)14-10-18)26(31-32-28)19-11-15-22(35-3)16-12-19/h6-17,24H,5H2,1-4H3,(H,29,33)/t24-/m0/s1. The highest BCUT2D eigenvalue weighted by Crippen LogP contribution is 2.33. The third-order valence-corrected chi connectivity index (χ3v) is 6.86. The maximum Gasteiger partial charge on any atom is 0.237 e. The van der Waals surface area contributed by atoms with Crippen molar-refractivity contribution in [1.82, 2.24) is 15.2 Å². The fraction of sp³-hybridized carbons (Fsp3) is 0.214. The van der Waals surface area contributed by atoms with Crippen LogP contribution in [0.1, 0.15) is 13.3 Å². The summed E-state index contributed by atoms with van der Waals surface area (Å²) in [5.74, 6) is 2.01. The molecule has 0 spiro atoms.